The van der Waals surface area contributed by atoms with Crippen LogP contribution >= 0.6 is 0 Å². The molecule has 1 aromatic carbocycles. The molecule has 1 aromatic rings. The lowest BCUT2D eigenvalue weighted by molar-refractivity contribution is -0.137. The fourth-order valence-corrected chi connectivity index (χ4v) is 1.80. The number of hydrogen-bond acceptors (Lipinski definition) is 3. The zero-order valence-electron chi connectivity index (χ0n) is 12.1. The van der Waals surface area contributed by atoms with Gasteiger partial charge < -0.3 is 14.7 Å². The summed E-state index contributed by atoms with van der Waals surface area (Å²) in [7, 11) is 0. The molecule has 0 spiro atoms. The minimum absolute atomic E-state index is 0.0296. The number of nitrogens with zero attached hydrogens (tertiary/aromatic N) is 1. The highest BCUT2D eigenvalue weighted by molar-refractivity contribution is 5.97. The number of carbonyl (C=O) groups is 2. The first kappa shape index (κ1) is 16.0. The quantitative estimate of drug-likeness (QED) is 0.832. The number of amides is 1. The summed E-state index contributed by atoms with van der Waals surface area (Å²) in [5, 5.41) is 8.72. The molecule has 0 aliphatic carbocycles. The summed E-state index contributed by atoms with van der Waals surface area (Å²) in [5.74, 6) is -0.589. The molecule has 0 radical (unpaired) electrons. The second-order valence-corrected chi connectivity index (χ2v) is 4.69. The number of carboxylic acids is 1. The van der Waals surface area contributed by atoms with Crippen molar-refractivity contribution >= 4 is 11.9 Å². The number of carbonyl (C=O) groups excluding carboxylic acids is 1. The molecule has 0 saturated heterocycles. The number of carboxylic acid groups (broad SMARTS) is 1. The molecule has 0 aliphatic rings. The van der Waals surface area contributed by atoms with E-state index >= 15 is 0 Å². The number of aliphatic carboxylic acids is 1. The number of ether oxygens (including phenoxy) is 1. The van der Waals surface area contributed by atoms with Crippen LogP contribution in [0.2, 0.25) is 0 Å². The summed E-state index contributed by atoms with van der Waals surface area (Å²) in [6.07, 6.45) is -0.0923. The Balaban J connectivity index is 2.91. The van der Waals surface area contributed by atoms with Crippen molar-refractivity contribution in [3.05, 3.63) is 29.8 Å². The van der Waals surface area contributed by atoms with Gasteiger partial charge in [-0.15, -0.1) is 0 Å². The highest BCUT2D eigenvalue weighted by Crippen LogP contribution is 2.21. The minimum atomic E-state index is -0.914. The third-order valence-corrected chi connectivity index (χ3v) is 2.74. The molecule has 0 heterocycles. The Hall–Kier alpha value is -2.04. The molecule has 1 amide bonds. The van der Waals surface area contributed by atoms with Crippen LogP contribution in [0.1, 0.15) is 37.6 Å². The van der Waals surface area contributed by atoms with E-state index in [0.717, 1.165) is 0 Å². The normalized spacial score (nSPS) is 10.4. The third kappa shape index (κ3) is 4.57. The summed E-state index contributed by atoms with van der Waals surface area (Å²) in [6, 6.07) is 7.02. The van der Waals surface area contributed by atoms with Crippen LogP contribution in [0.5, 0.6) is 5.75 Å². The molecule has 0 atom stereocenters. The van der Waals surface area contributed by atoms with Crippen molar-refractivity contribution in [1.29, 1.82) is 0 Å². The maximum absolute atomic E-state index is 12.4. The van der Waals surface area contributed by atoms with E-state index in [9.17, 15) is 9.59 Å². The van der Waals surface area contributed by atoms with Crippen LogP contribution in [0, 0.1) is 0 Å². The number of para-hydroxylation sites is 1. The second-order valence-electron chi connectivity index (χ2n) is 4.69. The van der Waals surface area contributed by atoms with E-state index < -0.39 is 5.97 Å². The van der Waals surface area contributed by atoms with Crippen molar-refractivity contribution in [2.45, 2.75) is 33.3 Å². The van der Waals surface area contributed by atoms with Gasteiger partial charge in [-0.3, -0.25) is 9.59 Å². The molecule has 1 rings (SSSR count). The van der Waals surface area contributed by atoms with Gasteiger partial charge in [0.25, 0.3) is 5.91 Å². The number of hydrogen-bond donors (Lipinski definition) is 1. The average Bonchev–Trinajstić information content (AvgIpc) is 2.38. The molecule has 5 heteroatoms. The van der Waals surface area contributed by atoms with Gasteiger partial charge in [0.1, 0.15) is 5.75 Å². The fraction of sp³-hybridized carbons (Fsp3) is 0.467. The van der Waals surface area contributed by atoms with Crippen molar-refractivity contribution in [3.8, 4) is 5.75 Å². The molecule has 0 aromatic heterocycles. The van der Waals surface area contributed by atoms with Crippen LogP contribution in [0.15, 0.2) is 24.3 Å². The average molecular weight is 279 g/mol. The molecule has 0 fully saturated rings. The lowest BCUT2D eigenvalue weighted by atomic mass is 10.1. The lowest BCUT2D eigenvalue weighted by Gasteiger charge is -2.22. The van der Waals surface area contributed by atoms with Crippen molar-refractivity contribution < 1.29 is 19.4 Å². The molecule has 0 saturated carbocycles. The van der Waals surface area contributed by atoms with Gasteiger partial charge in [-0.25, -0.2) is 0 Å². The SMILES string of the molecule is CCN(CCC(=O)O)C(=O)c1ccccc1OC(C)C. The Kier molecular flexibility index (Phi) is 6.03. The van der Waals surface area contributed by atoms with Crippen molar-refractivity contribution in [3.63, 3.8) is 0 Å². The molecular weight excluding hydrogens is 258 g/mol. The zero-order valence-corrected chi connectivity index (χ0v) is 12.1. The summed E-state index contributed by atoms with van der Waals surface area (Å²) in [5.41, 5.74) is 0.466. The number of benzene rings is 1. The summed E-state index contributed by atoms with van der Waals surface area (Å²) >= 11 is 0. The lowest BCUT2D eigenvalue weighted by Crippen LogP contribution is -2.33. The van der Waals surface area contributed by atoms with Crippen LogP contribution in [-0.2, 0) is 4.79 Å². The first-order chi connectivity index (χ1) is 9.45. The van der Waals surface area contributed by atoms with E-state index in [4.69, 9.17) is 9.84 Å². The Morgan fingerprint density at radius 3 is 2.50 bits per heavy atom. The van der Waals surface area contributed by atoms with Gasteiger partial charge in [-0.2, -0.15) is 0 Å². The molecule has 0 bridgehead atoms. The van der Waals surface area contributed by atoms with Crippen LogP contribution in [-0.4, -0.2) is 41.1 Å². The summed E-state index contributed by atoms with van der Waals surface area (Å²) in [6.45, 7) is 6.26. The van der Waals surface area contributed by atoms with Crippen LogP contribution < -0.4 is 4.74 Å². The first-order valence-electron chi connectivity index (χ1n) is 6.72. The predicted molar refractivity (Wildman–Crippen MR) is 76.0 cm³/mol. The van der Waals surface area contributed by atoms with Gasteiger partial charge in [0.05, 0.1) is 18.1 Å². The first-order valence-corrected chi connectivity index (χ1v) is 6.72. The number of rotatable bonds is 7. The smallest absolute Gasteiger partial charge is 0.305 e. The summed E-state index contributed by atoms with van der Waals surface area (Å²) in [4.78, 5) is 24.6. The van der Waals surface area contributed by atoms with Crippen molar-refractivity contribution in [2.24, 2.45) is 0 Å². The molecule has 1 N–H and O–H groups in total. The monoisotopic (exact) mass is 279 g/mol. The minimum Gasteiger partial charge on any atom is -0.490 e. The van der Waals surface area contributed by atoms with Gasteiger partial charge in [-0.05, 0) is 32.9 Å². The molecule has 110 valence electrons. The Morgan fingerprint density at radius 1 is 1.30 bits per heavy atom. The van der Waals surface area contributed by atoms with Crippen LogP contribution in [0.3, 0.4) is 0 Å². The molecule has 0 unspecified atom stereocenters. The van der Waals surface area contributed by atoms with E-state index in [-0.39, 0.29) is 25.0 Å². The Labute approximate surface area is 119 Å². The third-order valence-electron chi connectivity index (χ3n) is 2.74. The molecule has 20 heavy (non-hydrogen) atoms. The van der Waals surface area contributed by atoms with Gasteiger partial charge in [-0.1, -0.05) is 12.1 Å². The largest absolute Gasteiger partial charge is 0.490 e. The van der Waals surface area contributed by atoms with Gasteiger partial charge >= 0.3 is 5.97 Å². The standard InChI is InChI=1S/C15H21NO4/c1-4-16(10-9-14(17)18)15(19)12-7-5-6-8-13(12)20-11(2)3/h5-8,11H,4,9-10H2,1-3H3,(H,17,18). The van der Waals surface area contributed by atoms with Crippen LogP contribution in [0.25, 0.3) is 0 Å². The molecular formula is C15H21NO4. The van der Waals surface area contributed by atoms with Crippen molar-refractivity contribution in [1.82, 2.24) is 4.90 Å². The Morgan fingerprint density at radius 2 is 1.95 bits per heavy atom. The predicted octanol–water partition coefficient (Wildman–Crippen LogP) is 2.41. The maximum atomic E-state index is 12.4. The van der Waals surface area contributed by atoms with Gasteiger partial charge in [0.2, 0.25) is 0 Å². The molecule has 0 aliphatic heterocycles. The Bertz CT molecular complexity index is 471. The highest BCUT2D eigenvalue weighted by atomic mass is 16.5. The fourth-order valence-electron chi connectivity index (χ4n) is 1.80. The second kappa shape index (κ2) is 7.53. The van der Waals surface area contributed by atoms with Crippen molar-refractivity contribution in [2.75, 3.05) is 13.1 Å². The van der Waals surface area contributed by atoms with E-state index in [1.807, 2.05) is 26.8 Å². The van der Waals surface area contributed by atoms with Gasteiger partial charge in [0.15, 0.2) is 0 Å². The van der Waals surface area contributed by atoms with Gasteiger partial charge in [0, 0.05) is 13.1 Å². The highest BCUT2D eigenvalue weighted by Gasteiger charge is 2.19. The van der Waals surface area contributed by atoms with E-state index in [0.29, 0.717) is 17.9 Å². The molecule has 5 nitrogen and oxygen atoms in total. The topological polar surface area (TPSA) is 66.8 Å². The van der Waals surface area contributed by atoms with E-state index in [2.05, 4.69) is 0 Å². The van der Waals surface area contributed by atoms with E-state index in [1.165, 1.54) is 4.90 Å². The van der Waals surface area contributed by atoms with E-state index in [1.54, 1.807) is 18.2 Å². The zero-order chi connectivity index (χ0) is 15.1. The maximum Gasteiger partial charge on any atom is 0.305 e. The van der Waals surface area contributed by atoms with Crippen LogP contribution in [0.4, 0.5) is 0 Å². The summed E-state index contributed by atoms with van der Waals surface area (Å²) < 4.78 is 5.62.